The summed E-state index contributed by atoms with van der Waals surface area (Å²) in [6.07, 6.45) is 4.27. The first-order chi connectivity index (χ1) is 15.5. The van der Waals surface area contributed by atoms with E-state index in [1.54, 1.807) is 29.0 Å². The third kappa shape index (κ3) is 4.15. The fraction of sp³-hybridized carbons (Fsp3) is 0.318. The van der Waals surface area contributed by atoms with Crippen LogP contribution in [0.1, 0.15) is 25.1 Å². The maximum Gasteiger partial charge on any atom is 0.262 e. The van der Waals surface area contributed by atoms with Gasteiger partial charge in [-0.15, -0.1) is 0 Å². The molecule has 0 unspecified atom stereocenters. The number of fused-ring (bicyclic) bond motifs is 2. The minimum absolute atomic E-state index is 0.169. The lowest BCUT2D eigenvalue weighted by atomic mass is 10.2. The third-order valence-corrected chi connectivity index (χ3v) is 6.44. The fourth-order valence-electron chi connectivity index (χ4n) is 3.55. The molecule has 10 heteroatoms. The molecule has 1 atom stereocenters. The Hall–Kier alpha value is -2.75. The number of aliphatic hydroxyl groups is 1. The number of aliphatic hydroxyl groups excluding tert-OH is 1. The summed E-state index contributed by atoms with van der Waals surface area (Å²) in [4.78, 5) is 22.8. The van der Waals surface area contributed by atoms with Crippen molar-refractivity contribution in [3.63, 3.8) is 0 Å². The van der Waals surface area contributed by atoms with Crippen LogP contribution in [0.15, 0.2) is 46.6 Å². The Morgan fingerprint density at radius 3 is 2.59 bits per heavy atom. The number of aromatic nitrogens is 4. The van der Waals surface area contributed by atoms with Gasteiger partial charge < -0.3 is 19.0 Å². The predicted molar refractivity (Wildman–Crippen MR) is 125 cm³/mol. The number of pyridine rings is 1. The maximum atomic E-state index is 13.4. The predicted octanol–water partition coefficient (Wildman–Crippen LogP) is 3.95. The summed E-state index contributed by atoms with van der Waals surface area (Å²) in [6.45, 7) is 1.75. The van der Waals surface area contributed by atoms with Gasteiger partial charge in [0.2, 0.25) is 0 Å². The number of nitrogens with zero attached hydrogens (tertiary/aromatic N) is 4. The largest absolute Gasteiger partial charge is 0.493 e. The van der Waals surface area contributed by atoms with E-state index < -0.39 is 6.04 Å². The van der Waals surface area contributed by atoms with E-state index in [1.165, 1.54) is 26.0 Å². The van der Waals surface area contributed by atoms with Gasteiger partial charge in [0.25, 0.3) is 5.56 Å². The molecule has 0 fully saturated rings. The second-order valence-electron chi connectivity index (χ2n) is 7.17. The summed E-state index contributed by atoms with van der Waals surface area (Å²) >= 11 is 7.45. The second-order valence-corrected chi connectivity index (χ2v) is 8.55. The minimum atomic E-state index is -0.394. The summed E-state index contributed by atoms with van der Waals surface area (Å²) in [5.74, 6) is 1.44. The first kappa shape index (κ1) is 22.4. The molecule has 0 amide bonds. The van der Waals surface area contributed by atoms with Crippen molar-refractivity contribution in [3.8, 4) is 11.5 Å². The highest BCUT2D eigenvalue weighted by Gasteiger charge is 2.20. The highest BCUT2D eigenvalue weighted by Crippen LogP contribution is 2.32. The molecule has 0 radical (unpaired) electrons. The van der Waals surface area contributed by atoms with E-state index in [2.05, 4.69) is 4.98 Å². The number of methoxy groups -OCH3 is 2. The van der Waals surface area contributed by atoms with Crippen LogP contribution in [0.3, 0.4) is 0 Å². The zero-order valence-corrected chi connectivity index (χ0v) is 19.5. The molecule has 3 heterocycles. The van der Waals surface area contributed by atoms with Gasteiger partial charge in [-0.25, -0.2) is 9.97 Å². The maximum absolute atomic E-state index is 13.4. The molecule has 32 heavy (non-hydrogen) atoms. The highest BCUT2D eigenvalue weighted by atomic mass is 35.5. The Kier molecular flexibility index (Phi) is 6.59. The molecule has 0 aliphatic rings. The molecule has 0 aliphatic carbocycles. The zero-order valence-electron chi connectivity index (χ0n) is 17.9. The Morgan fingerprint density at radius 2 is 1.91 bits per heavy atom. The lowest BCUT2D eigenvalue weighted by Crippen LogP contribution is -2.29. The number of hydrogen-bond donors (Lipinski definition) is 1. The summed E-state index contributed by atoms with van der Waals surface area (Å²) in [5.41, 5.74) is 1.87. The molecule has 0 saturated carbocycles. The number of benzene rings is 1. The molecule has 0 spiro atoms. The molecule has 8 nitrogen and oxygen atoms in total. The van der Waals surface area contributed by atoms with Gasteiger partial charge in [-0.3, -0.25) is 9.36 Å². The van der Waals surface area contributed by atoms with Crippen LogP contribution >= 0.6 is 23.4 Å². The standard InChI is InChI=1S/C22H23ClN4O4S/c1-4-15(11-28)27-21(29)16-7-18(30-2)19(31-3)8-17(16)25-22(27)32-12-14-10-26-9-13(23)5-6-20(26)24-14/h5-10,15,28H,4,11-12H2,1-3H3/t15-/m1/s1. The Morgan fingerprint density at radius 1 is 1.16 bits per heavy atom. The first-order valence-corrected chi connectivity index (χ1v) is 11.4. The van der Waals surface area contributed by atoms with Gasteiger partial charge in [0.05, 0.1) is 48.5 Å². The van der Waals surface area contributed by atoms with Crippen LogP contribution in [0, 0.1) is 0 Å². The molecule has 4 rings (SSSR count). The van der Waals surface area contributed by atoms with Crippen molar-refractivity contribution in [2.75, 3.05) is 20.8 Å². The van der Waals surface area contributed by atoms with Crippen LogP contribution in [0.25, 0.3) is 16.6 Å². The van der Waals surface area contributed by atoms with E-state index in [0.29, 0.717) is 44.8 Å². The van der Waals surface area contributed by atoms with Crippen molar-refractivity contribution >= 4 is 39.9 Å². The Bertz CT molecular complexity index is 1330. The Labute approximate surface area is 193 Å². The normalized spacial score (nSPS) is 12.4. The summed E-state index contributed by atoms with van der Waals surface area (Å²) < 4.78 is 14.1. The molecule has 0 bridgehead atoms. The van der Waals surface area contributed by atoms with E-state index in [1.807, 2.05) is 23.6 Å². The van der Waals surface area contributed by atoms with Crippen LogP contribution < -0.4 is 15.0 Å². The third-order valence-electron chi connectivity index (χ3n) is 5.23. The van der Waals surface area contributed by atoms with Crippen molar-refractivity contribution in [1.82, 2.24) is 18.9 Å². The van der Waals surface area contributed by atoms with Crippen LogP contribution in [-0.2, 0) is 5.75 Å². The number of hydrogen-bond acceptors (Lipinski definition) is 7. The number of rotatable bonds is 8. The SMILES string of the molecule is CC[C@H](CO)n1c(SCc2cn3cc(Cl)ccc3n2)nc2cc(OC)c(OC)cc2c1=O. The number of ether oxygens (including phenoxy) is 2. The molecular formula is C22H23ClN4O4S. The molecule has 4 aromatic rings. The van der Waals surface area contributed by atoms with Gasteiger partial charge in [0.15, 0.2) is 16.7 Å². The van der Waals surface area contributed by atoms with Crippen LogP contribution in [-0.4, -0.2) is 44.9 Å². The smallest absolute Gasteiger partial charge is 0.262 e. The van der Waals surface area contributed by atoms with E-state index in [0.717, 1.165) is 11.3 Å². The Balaban J connectivity index is 1.79. The van der Waals surface area contributed by atoms with Gasteiger partial charge in [-0.2, -0.15) is 0 Å². The average Bonchev–Trinajstić information content (AvgIpc) is 3.21. The fourth-order valence-corrected chi connectivity index (χ4v) is 4.67. The lowest BCUT2D eigenvalue weighted by molar-refractivity contribution is 0.213. The van der Waals surface area contributed by atoms with Gasteiger partial charge in [0, 0.05) is 24.2 Å². The number of thioether (sulfide) groups is 1. The van der Waals surface area contributed by atoms with Crippen LogP contribution in [0.5, 0.6) is 11.5 Å². The molecule has 0 aliphatic heterocycles. The molecule has 1 N–H and O–H groups in total. The zero-order chi connectivity index (χ0) is 22.8. The topological polar surface area (TPSA) is 90.9 Å². The van der Waals surface area contributed by atoms with E-state index in [4.69, 9.17) is 26.1 Å². The van der Waals surface area contributed by atoms with Crippen molar-refractivity contribution in [2.45, 2.75) is 30.3 Å². The minimum Gasteiger partial charge on any atom is -0.493 e. The van der Waals surface area contributed by atoms with Crippen molar-refractivity contribution < 1.29 is 14.6 Å². The average molecular weight is 475 g/mol. The quantitative estimate of drug-likeness (QED) is 0.305. The van der Waals surface area contributed by atoms with Crippen molar-refractivity contribution in [2.24, 2.45) is 0 Å². The van der Waals surface area contributed by atoms with Crippen molar-refractivity contribution in [1.29, 1.82) is 0 Å². The van der Waals surface area contributed by atoms with E-state index >= 15 is 0 Å². The highest BCUT2D eigenvalue weighted by molar-refractivity contribution is 7.98. The first-order valence-electron chi connectivity index (χ1n) is 10.0. The van der Waals surface area contributed by atoms with Crippen LogP contribution in [0.2, 0.25) is 5.02 Å². The molecule has 1 aromatic carbocycles. The summed E-state index contributed by atoms with van der Waals surface area (Å²) in [6, 6.07) is 6.56. The van der Waals surface area contributed by atoms with Crippen molar-refractivity contribution in [3.05, 3.63) is 57.7 Å². The van der Waals surface area contributed by atoms with Gasteiger partial charge >= 0.3 is 0 Å². The molecule has 3 aromatic heterocycles. The molecule has 0 saturated heterocycles. The second kappa shape index (κ2) is 9.40. The monoisotopic (exact) mass is 474 g/mol. The van der Waals surface area contributed by atoms with Gasteiger partial charge in [-0.05, 0) is 24.6 Å². The van der Waals surface area contributed by atoms with E-state index in [9.17, 15) is 9.90 Å². The number of imidazole rings is 1. The van der Waals surface area contributed by atoms with Gasteiger partial charge in [0.1, 0.15) is 5.65 Å². The molecule has 168 valence electrons. The summed E-state index contributed by atoms with van der Waals surface area (Å²) in [5, 5.41) is 11.5. The molecular weight excluding hydrogens is 452 g/mol. The lowest BCUT2D eigenvalue weighted by Gasteiger charge is -2.20. The number of halogens is 1. The van der Waals surface area contributed by atoms with Crippen LogP contribution in [0.4, 0.5) is 0 Å². The van der Waals surface area contributed by atoms with Gasteiger partial charge in [-0.1, -0.05) is 30.3 Å². The summed E-state index contributed by atoms with van der Waals surface area (Å²) in [7, 11) is 3.06. The van der Waals surface area contributed by atoms with E-state index in [-0.39, 0.29) is 12.2 Å².